The minimum atomic E-state index is -0.750. The van der Waals surface area contributed by atoms with Gasteiger partial charge < -0.3 is 20.1 Å². The molecule has 0 bridgehead atoms. The third kappa shape index (κ3) is 9.08. The van der Waals surface area contributed by atoms with Gasteiger partial charge in [-0.3, -0.25) is 14.9 Å². The van der Waals surface area contributed by atoms with Gasteiger partial charge in [-0.05, 0) is 86.1 Å². The molecule has 0 spiro atoms. The van der Waals surface area contributed by atoms with Crippen LogP contribution < -0.4 is 25.4 Å². The van der Waals surface area contributed by atoms with Crippen LogP contribution in [0.25, 0.3) is 0 Å². The van der Waals surface area contributed by atoms with E-state index in [1.165, 1.54) is 0 Å². The number of carbonyl (C=O) groups excluding carboxylic acids is 2. The van der Waals surface area contributed by atoms with Crippen molar-refractivity contribution < 1.29 is 19.1 Å². The van der Waals surface area contributed by atoms with Gasteiger partial charge in [0, 0.05) is 16.9 Å². The molecule has 0 aliphatic rings. The van der Waals surface area contributed by atoms with E-state index >= 15 is 0 Å². The smallest absolute Gasteiger partial charge is 0.265 e. The van der Waals surface area contributed by atoms with Gasteiger partial charge in [-0.25, -0.2) is 0 Å². The Hall–Kier alpha value is -3.62. The van der Waals surface area contributed by atoms with Crippen LogP contribution in [-0.4, -0.2) is 29.6 Å². The Morgan fingerprint density at radius 1 is 0.919 bits per heavy atom. The van der Waals surface area contributed by atoms with Crippen LogP contribution in [0.3, 0.4) is 0 Å². The van der Waals surface area contributed by atoms with Gasteiger partial charge in [0.05, 0.1) is 11.6 Å². The quantitative estimate of drug-likeness (QED) is 0.262. The molecule has 1 atom stereocenters. The molecule has 3 aromatic carbocycles. The molecule has 0 aromatic heterocycles. The summed E-state index contributed by atoms with van der Waals surface area (Å²) in [5.41, 5.74) is 1.67. The summed E-state index contributed by atoms with van der Waals surface area (Å²) >= 11 is 11.4. The Morgan fingerprint density at radius 2 is 1.59 bits per heavy atom. The first-order valence-corrected chi connectivity index (χ1v) is 12.7. The van der Waals surface area contributed by atoms with Gasteiger partial charge in [0.25, 0.3) is 11.8 Å². The molecule has 3 aromatic rings. The topological polar surface area (TPSA) is 88.7 Å². The summed E-state index contributed by atoms with van der Waals surface area (Å²) in [6, 6.07) is 20.8. The van der Waals surface area contributed by atoms with Gasteiger partial charge in [0.1, 0.15) is 11.5 Å². The molecular formula is C28H30ClN3O4S. The van der Waals surface area contributed by atoms with E-state index in [-0.39, 0.29) is 16.9 Å². The molecular weight excluding hydrogens is 510 g/mol. The van der Waals surface area contributed by atoms with Crippen LogP contribution in [-0.2, 0) is 4.79 Å². The second-order valence-electron chi connectivity index (χ2n) is 8.72. The summed E-state index contributed by atoms with van der Waals surface area (Å²) in [6.07, 6.45) is 0.182. The number of hydrogen-bond donors (Lipinski definition) is 3. The number of thiocarbonyl (C=S) groups is 1. The average Bonchev–Trinajstić information content (AvgIpc) is 2.86. The summed E-state index contributed by atoms with van der Waals surface area (Å²) in [7, 11) is 0. The second kappa shape index (κ2) is 13.6. The molecule has 0 saturated heterocycles. The maximum atomic E-state index is 12.6. The number of para-hydroxylation sites is 1. The normalized spacial score (nSPS) is 11.4. The predicted molar refractivity (Wildman–Crippen MR) is 152 cm³/mol. The molecule has 194 valence electrons. The van der Waals surface area contributed by atoms with Crippen LogP contribution >= 0.6 is 23.8 Å². The van der Waals surface area contributed by atoms with E-state index in [2.05, 4.69) is 29.8 Å². The molecule has 0 radical (unpaired) electrons. The standard InChI is InChI=1S/C28H30ClN3O4S/c1-18(2)15-16-35-23-8-6-7-20(17-23)27(34)32-28(37)31-22-13-11-21(12-14-22)30-26(33)19(3)36-25-10-5-4-9-24(25)29/h4-14,17-19H,15-16H2,1-3H3,(H,30,33)(H2,31,32,34,37). The van der Waals surface area contributed by atoms with Gasteiger partial charge in [0.2, 0.25) is 0 Å². The Kier molecular flexibility index (Phi) is 10.3. The lowest BCUT2D eigenvalue weighted by Crippen LogP contribution is -2.34. The highest BCUT2D eigenvalue weighted by Gasteiger charge is 2.16. The summed E-state index contributed by atoms with van der Waals surface area (Å²) in [5, 5.41) is 9.00. The van der Waals surface area contributed by atoms with Crippen LogP contribution in [0.2, 0.25) is 5.02 Å². The van der Waals surface area contributed by atoms with Gasteiger partial charge in [-0.1, -0.05) is 43.6 Å². The van der Waals surface area contributed by atoms with Gasteiger partial charge in [-0.2, -0.15) is 0 Å². The second-order valence-corrected chi connectivity index (χ2v) is 9.54. The molecule has 0 heterocycles. The number of benzene rings is 3. The number of amides is 2. The average molecular weight is 540 g/mol. The fraction of sp³-hybridized carbons (Fsp3) is 0.250. The van der Waals surface area contributed by atoms with E-state index in [0.29, 0.717) is 46.0 Å². The van der Waals surface area contributed by atoms with Crippen molar-refractivity contribution in [3.63, 3.8) is 0 Å². The first-order valence-electron chi connectivity index (χ1n) is 11.9. The number of rotatable bonds is 10. The maximum absolute atomic E-state index is 12.6. The lowest BCUT2D eigenvalue weighted by molar-refractivity contribution is -0.122. The molecule has 9 heteroatoms. The molecule has 7 nitrogen and oxygen atoms in total. The molecule has 0 aliphatic carbocycles. The minimum Gasteiger partial charge on any atom is -0.494 e. The fourth-order valence-corrected chi connectivity index (χ4v) is 3.53. The molecule has 3 N–H and O–H groups in total. The molecule has 0 aliphatic heterocycles. The highest BCUT2D eigenvalue weighted by Crippen LogP contribution is 2.24. The van der Waals surface area contributed by atoms with Gasteiger partial charge >= 0.3 is 0 Å². The number of carbonyl (C=O) groups is 2. The van der Waals surface area contributed by atoms with Crippen LogP contribution in [0.5, 0.6) is 11.5 Å². The van der Waals surface area contributed by atoms with Crippen molar-refractivity contribution in [3.8, 4) is 11.5 Å². The van der Waals surface area contributed by atoms with Crippen molar-refractivity contribution in [2.75, 3.05) is 17.2 Å². The predicted octanol–water partition coefficient (Wildman–Crippen LogP) is 6.30. The number of hydrogen-bond acceptors (Lipinski definition) is 5. The van der Waals surface area contributed by atoms with Crippen molar-refractivity contribution in [1.29, 1.82) is 0 Å². The number of ether oxygens (including phenoxy) is 2. The summed E-state index contributed by atoms with van der Waals surface area (Å²) in [5.74, 6) is 0.947. The van der Waals surface area contributed by atoms with Crippen molar-refractivity contribution in [2.24, 2.45) is 5.92 Å². The Bertz CT molecular complexity index is 1230. The largest absolute Gasteiger partial charge is 0.494 e. The zero-order valence-corrected chi connectivity index (χ0v) is 22.5. The lowest BCUT2D eigenvalue weighted by Gasteiger charge is -2.16. The van der Waals surface area contributed by atoms with Crippen molar-refractivity contribution in [2.45, 2.75) is 33.3 Å². The van der Waals surface area contributed by atoms with E-state index < -0.39 is 6.10 Å². The Morgan fingerprint density at radius 3 is 2.27 bits per heavy atom. The Balaban J connectivity index is 1.49. The summed E-state index contributed by atoms with van der Waals surface area (Å²) in [6.45, 7) is 6.49. The molecule has 2 amide bonds. The molecule has 0 fully saturated rings. The Labute approximate surface area is 227 Å². The van der Waals surface area contributed by atoms with Crippen molar-refractivity contribution in [1.82, 2.24) is 5.32 Å². The highest BCUT2D eigenvalue weighted by atomic mass is 35.5. The van der Waals surface area contributed by atoms with Crippen LogP contribution in [0.1, 0.15) is 37.6 Å². The molecule has 3 rings (SSSR count). The van der Waals surface area contributed by atoms with Crippen molar-refractivity contribution in [3.05, 3.63) is 83.4 Å². The number of nitrogens with one attached hydrogen (secondary N) is 3. The maximum Gasteiger partial charge on any atom is 0.265 e. The third-order valence-corrected chi connectivity index (χ3v) is 5.72. The fourth-order valence-electron chi connectivity index (χ4n) is 3.14. The van der Waals surface area contributed by atoms with Crippen LogP contribution in [0.15, 0.2) is 72.8 Å². The van der Waals surface area contributed by atoms with Gasteiger partial charge in [-0.15, -0.1) is 0 Å². The zero-order chi connectivity index (χ0) is 26.8. The van der Waals surface area contributed by atoms with E-state index in [0.717, 1.165) is 6.42 Å². The van der Waals surface area contributed by atoms with Gasteiger partial charge in [0.15, 0.2) is 11.2 Å². The van der Waals surface area contributed by atoms with Crippen LogP contribution in [0, 0.1) is 5.92 Å². The molecule has 37 heavy (non-hydrogen) atoms. The van der Waals surface area contributed by atoms with Crippen LogP contribution in [0.4, 0.5) is 11.4 Å². The third-order valence-electron chi connectivity index (χ3n) is 5.21. The monoisotopic (exact) mass is 539 g/mol. The number of halogens is 1. The molecule has 0 saturated carbocycles. The SMILES string of the molecule is CC(C)CCOc1cccc(C(=O)NC(=S)Nc2ccc(NC(=O)C(C)Oc3ccccc3Cl)cc2)c1. The zero-order valence-electron chi connectivity index (χ0n) is 20.9. The lowest BCUT2D eigenvalue weighted by atomic mass is 10.1. The van der Waals surface area contributed by atoms with E-state index in [9.17, 15) is 9.59 Å². The minimum absolute atomic E-state index is 0.148. The number of anilines is 2. The highest BCUT2D eigenvalue weighted by molar-refractivity contribution is 7.80. The van der Waals surface area contributed by atoms with E-state index in [1.807, 2.05) is 6.07 Å². The van der Waals surface area contributed by atoms with Crippen molar-refractivity contribution >= 4 is 52.1 Å². The van der Waals surface area contributed by atoms with E-state index in [4.69, 9.17) is 33.3 Å². The summed E-state index contributed by atoms with van der Waals surface area (Å²) < 4.78 is 11.4. The first kappa shape index (κ1) is 28.0. The summed E-state index contributed by atoms with van der Waals surface area (Å²) in [4.78, 5) is 25.1. The molecule has 1 unspecified atom stereocenters. The first-order chi connectivity index (χ1) is 17.7. The van der Waals surface area contributed by atoms with E-state index in [1.54, 1.807) is 73.7 Å².